The Kier molecular flexibility index (Phi) is 4.69. The van der Waals surface area contributed by atoms with E-state index in [1.165, 1.54) is 6.42 Å². The summed E-state index contributed by atoms with van der Waals surface area (Å²) in [6.07, 6.45) is 5.47. The number of rotatable bonds is 4. The van der Waals surface area contributed by atoms with Crippen LogP contribution < -0.4 is 0 Å². The molecule has 0 radical (unpaired) electrons. The van der Waals surface area contributed by atoms with E-state index in [1.54, 1.807) is 12.4 Å². The lowest BCUT2D eigenvalue weighted by Crippen LogP contribution is -2.42. The lowest BCUT2D eigenvalue weighted by molar-refractivity contribution is -0.133. The summed E-state index contributed by atoms with van der Waals surface area (Å²) in [5.41, 5.74) is 0.813. The van der Waals surface area contributed by atoms with E-state index in [1.807, 2.05) is 17.0 Å². The number of carbonyl (C=O) groups excluding carboxylic acids is 1. The molecule has 2 aromatic heterocycles. The summed E-state index contributed by atoms with van der Waals surface area (Å²) >= 11 is 0. The predicted molar refractivity (Wildman–Crippen MR) is 85.4 cm³/mol. The van der Waals surface area contributed by atoms with E-state index >= 15 is 0 Å². The van der Waals surface area contributed by atoms with Crippen LogP contribution in [-0.2, 0) is 11.2 Å². The van der Waals surface area contributed by atoms with Crippen LogP contribution in [0.15, 0.2) is 29.0 Å². The minimum Gasteiger partial charge on any atom is -0.342 e. The van der Waals surface area contributed by atoms with Crippen molar-refractivity contribution in [1.29, 1.82) is 0 Å². The summed E-state index contributed by atoms with van der Waals surface area (Å²) in [4.78, 5) is 22.7. The first kappa shape index (κ1) is 15.6. The van der Waals surface area contributed by atoms with E-state index in [2.05, 4.69) is 29.0 Å². The van der Waals surface area contributed by atoms with E-state index in [4.69, 9.17) is 4.52 Å². The molecule has 0 N–H and O–H groups in total. The fraction of sp³-hybridized carbons (Fsp3) is 0.529. The van der Waals surface area contributed by atoms with Gasteiger partial charge in [-0.2, -0.15) is 4.98 Å². The molecule has 0 spiro atoms. The lowest BCUT2D eigenvalue weighted by atomic mass is 9.91. The summed E-state index contributed by atoms with van der Waals surface area (Å²) in [6, 6.07) is 3.71. The SMILES string of the molecule is C[C@@H]1C[C@@H](C)CN(C(=O)CCc2nc(-c3cccnc3)no2)C1. The number of hydrogen-bond acceptors (Lipinski definition) is 5. The highest BCUT2D eigenvalue weighted by atomic mass is 16.5. The number of likely N-dealkylation sites (tertiary alicyclic amines) is 1. The number of carbonyl (C=O) groups is 1. The van der Waals surface area contributed by atoms with Gasteiger partial charge in [-0.3, -0.25) is 9.78 Å². The molecule has 0 saturated carbocycles. The van der Waals surface area contributed by atoms with Gasteiger partial charge in [0.1, 0.15) is 0 Å². The highest BCUT2D eigenvalue weighted by Crippen LogP contribution is 2.22. The van der Waals surface area contributed by atoms with Crippen molar-refractivity contribution in [2.75, 3.05) is 13.1 Å². The molecule has 2 atom stereocenters. The van der Waals surface area contributed by atoms with Crippen molar-refractivity contribution in [2.45, 2.75) is 33.1 Å². The molecule has 3 rings (SSSR count). The number of piperidine rings is 1. The number of amides is 1. The van der Waals surface area contributed by atoms with Gasteiger partial charge in [0.05, 0.1) is 0 Å². The molecule has 122 valence electrons. The quantitative estimate of drug-likeness (QED) is 0.867. The topological polar surface area (TPSA) is 72.1 Å². The van der Waals surface area contributed by atoms with Gasteiger partial charge < -0.3 is 9.42 Å². The summed E-state index contributed by atoms with van der Waals surface area (Å²) in [6.45, 7) is 6.12. The van der Waals surface area contributed by atoms with Crippen molar-refractivity contribution in [1.82, 2.24) is 20.0 Å². The molecule has 3 heterocycles. The molecule has 1 fully saturated rings. The van der Waals surface area contributed by atoms with Crippen LogP contribution >= 0.6 is 0 Å². The molecular weight excluding hydrogens is 292 g/mol. The summed E-state index contributed by atoms with van der Waals surface area (Å²) < 4.78 is 5.24. The maximum atomic E-state index is 12.4. The molecule has 2 aromatic rings. The van der Waals surface area contributed by atoms with Gasteiger partial charge in [0, 0.05) is 43.9 Å². The molecule has 1 aliphatic rings. The van der Waals surface area contributed by atoms with Gasteiger partial charge in [-0.05, 0) is 30.4 Å². The smallest absolute Gasteiger partial charge is 0.227 e. The Morgan fingerprint density at radius 3 is 2.83 bits per heavy atom. The summed E-state index contributed by atoms with van der Waals surface area (Å²) in [7, 11) is 0. The average molecular weight is 314 g/mol. The number of nitrogens with zero attached hydrogens (tertiary/aromatic N) is 4. The van der Waals surface area contributed by atoms with Crippen LogP contribution in [0.3, 0.4) is 0 Å². The van der Waals surface area contributed by atoms with Crippen molar-refractivity contribution < 1.29 is 9.32 Å². The molecule has 23 heavy (non-hydrogen) atoms. The van der Waals surface area contributed by atoms with Crippen LogP contribution in [0.25, 0.3) is 11.4 Å². The number of aryl methyl sites for hydroxylation is 1. The third kappa shape index (κ3) is 3.94. The Morgan fingerprint density at radius 2 is 2.13 bits per heavy atom. The van der Waals surface area contributed by atoms with Crippen molar-refractivity contribution >= 4 is 5.91 Å². The molecule has 1 aliphatic heterocycles. The first-order valence-corrected chi connectivity index (χ1v) is 8.12. The van der Waals surface area contributed by atoms with Crippen LogP contribution in [0.5, 0.6) is 0 Å². The van der Waals surface area contributed by atoms with Gasteiger partial charge in [-0.1, -0.05) is 19.0 Å². The first-order chi connectivity index (χ1) is 11.1. The Balaban J connectivity index is 1.56. The number of pyridine rings is 1. The van der Waals surface area contributed by atoms with E-state index < -0.39 is 0 Å². The van der Waals surface area contributed by atoms with Crippen LogP contribution in [0.1, 0.15) is 32.6 Å². The second-order valence-electron chi connectivity index (χ2n) is 6.50. The molecule has 0 aliphatic carbocycles. The lowest BCUT2D eigenvalue weighted by Gasteiger charge is -2.35. The Morgan fingerprint density at radius 1 is 1.35 bits per heavy atom. The largest absolute Gasteiger partial charge is 0.342 e. The van der Waals surface area contributed by atoms with Crippen molar-refractivity contribution in [3.63, 3.8) is 0 Å². The third-order valence-corrected chi connectivity index (χ3v) is 4.16. The van der Waals surface area contributed by atoms with Crippen LogP contribution in [0.4, 0.5) is 0 Å². The van der Waals surface area contributed by atoms with Crippen molar-refractivity contribution in [2.24, 2.45) is 11.8 Å². The minimum atomic E-state index is 0.171. The van der Waals surface area contributed by atoms with E-state index in [-0.39, 0.29) is 5.91 Å². The highest BCUT2D eigenvalue weighted by molar-refractivity contribution is 5.76. The van der Waals surface area contributed by atoms with Gasteiger partial charge in [0.25, 0.3) is 0 Å². The molecule has 0 bridgehead atoms. The van der Waals surface area contributed by atoms with Gasteiger partial charge >= 0.3 is 0 Å². The van der Waals surface area contributed by atoms with Gasteiger partial charge in [-0.25, -0.2) is 0 Å². The monoisotopic (exact) mass is 314 g/mol. The zero-order valence-corrected chi connectivity index (χ0v) is 13.6. The molecule has 0 aromatic carbocycles. The van der Waals surface area contributed by atoms with Gasteiger partial charge in [-0.15, -0.1) is 0 Å². The first-order valence-electron chi connectivity index (χ1n) is 8.12. The normalized spacial score (nSPS) is 21.4. The average Bonchev–Trinajstić information content (AvgIpc) is 3.01. The summed E-state index contributed by atoms with van der Waals surface area (Å²) in [5.74, 6) is 2.33. The Bertz CT molecular complexity index is 646. The maximum absolute atomic E-state index is 12.4. The number of hydrogen-bond donors (Lipinski definition) is 0. The highest BCUT2D eigenvalue weighted by Gasteiger charge is 2.25. The number of aromatic nitrogens is 3. The zero-order chi connectivity index (χ0) is 16.2. The Hall–Kier alpha value is -2.24. The molecule has 0 unspecified atom stereocenters. The van der Waals surface area contributed by atoms with Gasteiger partial charge in [0.15, 0.2) is 0 Å². The predicted octanol–water partition coefficient (Wildman–Crippen LogP) is 2.57. The molecular formula is C17H22N4O2. The van der Waals surface area contributed by atoms with E-state index in [9.17, 15) is 4.79 Å². The standard InChI is InChI=1S/C17H22N4O2/c1-12-8-13(2)11-21(10-12)16(22)6-5-15-19-17(20-23-15)14-4-3-7-18-9-14/h3-4,7,9,12-13H,5-6,8,10-11H2,1-2H3/t12-,13-/m1/s1. The fourth-order valence-corrected chi connectivity index (χ4v) is 3.21. The fourth-order valence-electron chi connectivity index (χ4n) is 3.21. The summed E-state index contributed by atoms with van der Waals surface area (Å²) in [5, 5.41) is 3.95. The minimum absolute atomic E-state index is 0.171. The van der Waals surface area contributed by atoms with Gasteiger partial charge in [0.2, 0.25) is 17.6 Å². The maximum Gasteiger partial charge on any atom is 0.227 e. The second kappa shape index (κ2) is 6.89. The van der Waals surface area contributed by atoms with Crippen LogP contribution in [0.2, 0.25) is 0 Å². The van der Waals surface area contributed by atoms with Crippen molar-refractivity contribution in [3.8, 4) is 11.4 Å². The third-order valence-electron chi connectivity index (χ3n) is 4.16. The molecule has 1 amide bonds. The molecule has 6 nitrogen and oxygen atoms in total. The van der Waals surface area contributed by atoms with Crippen molar-refractivity contribution in [3.05, 3.63) is 30.4 Å². The van der Waals surface area contributed by atoms with E-state index in [0.717, 1.165) is 18.7 Å². The Labute approximate surface area is 135 Å². The van der Waals surface area contributed by atoms with Crippen LogP contribution in [-0.4, -0.2) is 39.0 Å². The van der Waals surface area contributed by atoms with E-state index in [0.29, 0.717) is 36.4 Å². The molecule has 1 saturated heterocycles. The van der Waals surface area contributed by atoms with Crippen LogP contribution in [0, 0.1) is 11.8 Å². The second-order valence-corrected chi connectivity index (χ2v) is 6.50. The zero-order valence-electron chi connectivity index (χ0n) is 13.6. The molecule has 6 heteroatoms.